The molecule has 4 rings (SSSR count). The molecule has 1 atom stereocenters. The fourth-order valence-corrected chi connectivity index (χ4v) is 5.30. The Balaban J connectivity index is 1.73. The summed E-state index contributed by atoms with van der Waals surface area (Å²) in [6, 6.07) is 12.4. The molecule has 2 aromatic rings. The lowest BCUT2D eigenvalue weighted by Crippen LogP contribution is -2.48. The van der Waals surface area contributed by atoms with E-state index in [1.54, 1.807) is 29.6 Å². The van der Waals surface area contributed by atoms with Gasteiger partial charge in [0.05, 0.1) is 24.7 Å². The van der Waals surface area contributed by atoms with E-state index in [1.807, 2.05) is 24.3 Å². The zero-order valence-corrected chi connectivity index (χ0v) is 15.5. The van der Waals surface area contributed by atoms with Gasteiger partial charge in [0.1, 0.15) is 11.5 Å². The molecular weight excluding hydrogens is 352 g/mol. The molecule has 0 saturated carbocycles. The van der Waals surface area contributed by atoms with Crippen molar-refractivity contribution in [1.82, 2.24) is 9.62 Å². The minimum Gasteiger partial charge on any atom is -0.496 e. The molecule has 6 nitrogen and oxygen atoms in total. The summed E-state index contributed by atoms with van der Waals surface area (Å²) < 4.78 is 39.3. The molecule has 2 heterocycles. The SMILES string of the molecule is COc1ccccc1C1CNCCN1S(=O)(=O)c1ccc2c(c1)CCO2. The van der Waals surface area contributed by atoms with Crippen LogP contribution in [0, 0.1) is 0 Å². The van der Waals surface area contributed by atoms with Crippen LogP contribution in [-0.2, 0) is 16.4 Å². The second kappa shape index (κ2) is 6.90. The van der Waals surface area contributed by atoms with E-state index in [2.05, 4.69) is 5.32 Å². The predicted octanol–water partition coefficient (Wildman–Crippen LogP) is 1.97. The molecule has 0 bridgehead atoms. The Morgan fingerprint density at radius 3 is 2.92 bits per heavy atom. The minimum absolute atomic E-state index is 0.311. The van der Waals surface area contributed by atoms with Gasteiger partial charge in [0.2, 0.25) is 10.0 Å². The highest BCUT2D eigenvalue weighted by Crippen LogP contribution is 2.35. The fraction of sp³-hybridized carbons (Fsp3) is 0.368. The second-order valence-corrected chi connectivity index (χ2v) is 8.34. The van der Waals surface area contributed by atoms with Gasteiger partial charge >= 0.3 is 0 Å². The predicted molar refractivity (Wildman–Crippen MR) is 98.1 cm³/mol. The van der Waals surface area contributed by atoms with Crippen molar-refractivity contribution in [3.8, 4) is 11.5 Å². The maximum absolute atomic E-state index is 13.4. The van der Waals surface area contributed by atoms with Gasteiger partial charge in [0, 0.05) is 31.6 Å². The summed E-state index contributed by atoms with van der Waals surface area (Å²) in [4.78, 5) is 0.323. The van der Waals surface area contributed by atoms with Crippen LogP contribution >= 0.6 is 0 Å². The Morgan fingerprint density at radius 2 is 2.08 bits per heavy atom. The van der Waals surface area contributed by atoms with Gasteiger partial charge in [-0.05, 0) is 29.8 Å². The molecule has 1 saturated heterocycles. The maximum Gasteiger partial charge on any atom is 0.243 e. The molecule has 0 aliphatic carbocycles. The molecule has 0 radical (unpaired) electrons. The number of nitrogens with zero attached hydrogens (tertiary/aromatic N) is 1. The van der Waals surface area contributed by atoms with E-state index in [0.717, 1.165) is 23.3 Å². The second-order valence-electron chi connectivity index (χ2n) is 6.45. The topological polar surface area (TPSA) is 67.9 Å². The smallest absolute Gasteiger partial charge is 0.243 e. The molecular formula is C19H22N2O4S. The van der Waals surface area contributed by atoms with Gasteiger partial charge < -0.3 is 14.8 Å². The molecule has 138 valence electrons. The van der Waals surface area contributed by atoms with Crippen LogP contribution in [0.15, 0.2) is 47.4 Å². The Labute approximate surface area is 153 Å². The first-order valence-electron chi connectivity index (χ1n) is 8.72. The Bertz CT molecular complexity index is 914. The van der Waals surface area contributed by atoms with Crippen LogP contribution in [0.25, 0.3) is 0 Å². The van der Waals surface area contributed by atoms with Crippen molar-refractivity contribution in [3.63, 3.8) is 0 Å². The first-order valence-corrected chi connectivity index (χ1v) is 10.2. The quantitative estimate of drug-likeness (QED) is 0.886. The lowest BCUT2D eigenvalue weighted by Gasteiger charge is -2.36. The van der Waals surface area contributed by atoms with Gasteiger partial charge in [-0.2, -0.15) is 4.31 Å². The summed E-state index contributed by atoms with van der Waals surface area (Å²) in [5, 5.41) is 3.30. The molecule has 0 amide bonds. The third-order valence-corrected chi connectivity index (χ3v) is 6.86. The lowest BCUT2D eigenvalue weighted by molar-refractivity contribution is 0.264. The first-order chi connectivity index (χ1) is 12.6. The van der Waals surface area contributed by atoms with Crippen LogP contribution in [0.1, 0.15) is 17.2 Å². The first kappa shape index (κ1) is 17.3. The maximum atomic E-state index is 13.4. The molecule has 2 aliphatic heterocycles. The average molecular weight is 374 g/mol. The van der Waals surface area contributed by atoms with Crippen molar-refractivity contribution < 1.29 is 17.9 Å². The summed E-state index contributed by atoms with van der Waals surface area (Å²) in [7, 11) is -2.02. The van der Waals surface area contributed by atoms with E-state index in [1.165, 1.54) is 0 Å². The van der Waals surface area contributed by atoms with Crippen LogP contribution in [0.5, 0.6) is 11.5 Å². The summed E-state index contributed by atoms with van der Waals surface area (Å²) in [5.74, 6) is 1.48. The van der Waals surface area contributed by atoms with E-state index < -0.39 is 10.0 Å². The molecule has 0 spiro atoms. The van der Waals surface area contributed by atoms with E-state index in [0.29, 0.717) is 36.9 Å². The van der Waals surface area contributed by atoms with Crippen LogP contribution in [0.2, 0.25) is 0 Å². The van der Waals surface area contributed by atoms with E-state index >= 15 is 0 Å². The number of piperazine rings is 1. The number of rotatable bonds is 4. The fourth-order valence-electron chi connectivity index (χ4n) is 3.64. The third-order valence-electron chi connectivity index (χ3n) is 4.96. The Hall–Kier alpha value is -2.09. The number of nitrogens with one attached hydrogen (secondary N) is 1. The summed E-state index contributed by atoms with van der Waals surface area (Å²) in [5.41, 5.74) is 1.82. The zero-order valence-electron chi connectivity index (χ0n) is 14.6. The van der Waals surface area contributed by atoms with Crippen molar-refractivity contribution in [1.29, 1.82) is 0 Å². The van der Waals surface area contributed by atoms with Gasteiger partial charge in [-0.25, -0.2) is 8.42 Å². The molecule has 2 aliphatic rings. The van der Waals surface area contributed by atoms with Crippen LogP contribution in [-0.4, -0.2) is 46.1 Å². The summed E-state index contributed by atoms with van der Waals surface area (Å²) in [6.07, 6.45) is 0.746. The van der Waals surface area contributed by atoms with Gasteiger partial charge in [0.15, 0.2) is 0 Å². The highest BCUT2D eigenvalue weighted by atomic mass is 32.2. The normalized spacial score (nSPS) is 20.4. The number of para-hydroxylation sites is 1. The van der Waals surface area contributed by atoms with Crippen LogP contribution < -0.4 is 14.8 Å². The number of hydrogen-bond acceptors (Lipinski definition) is 5. The largest absolute Gasteiger partial charge is 0.496 e. The number of ether oxygens (including phenoxy) is 2. The Morgan fingerprint density at radius 1 is 1.23 bits per heavy atom. The Kier molecular flexibility index (Phi) is 4.60. The van der Waals surface area contributed by atoms with Gasteiger partial charge in [0.25, 0.3) is 0 Å². The minimum atomic E-state index is -3.62. The number of sulfonamides is 1. The monoisotopic (exact) mass is 374 g/mol. The number of fused-ring (bicyclic) bond motifs is 1. The van der Waals surface area contributed by atoms with Crippen molar-refractivity contribution in [3.05, 3.63) is 53.6 Å². The van der Waals surface area contributed by atoms with E-state index in [4.69, 9.17) is 9.47 Å². The molecule has 26 heavy (non-hydrogen) atoms. The van der Waals surface area contributed by atoms with Gasteiger partial charge in [-0.1, -0.05) is 18.2 Å². The highest BCUT2D eigenvalue weighted by molar-refractivity contribution is 7.89. The van der Waals surface area contributed by atoms with Crippen molar-refractivity contribution in [2.24, 2.45) is 0 Å². The van der Waals surface area contributed by atoms with Gasteiger partial charge in [-0.15, -0.1) is 0 Å². The van der Waals surface area contributed by atoms with Crippen LogP contribution in [0.4, 0.5) is 0 Å². The standard InChI is InChI=1S/C19H22N2O4S/c1-24-19-5-3-2-4-16(19)17-13-20-9-10-21(17)26(22,23)15-6-7-18-14(12-15)8-11-25-18/h2-7,12,17,20H,8-11,13H2,1H3. The number of hydrogen-bond donors (Lipinski definition) is 1. The molecule has 1 unspecified atom stereocenters. The van der Waals surface area contributed by atoms with Crippen LogP contribution in [0.3, 0.4) is 0 Å². The van der Waals surface area contributed by atoms with Crippen molar-refractivity contribution in [2.75, 3.05) is 33.4 Å². The van der Waals surface area contributed by atoms with Crippen molar-refractivity contribution in [2.45, 2.75) is 17.4 Å². The highest BCUT2D eigenvalue weighted by Gasteiger charge is 2.36. The summed E-state index contributed by atoms with van der Waals surface area (Å²) in [6.45, 7) is 2.20. The third kappa shape index (κ3) is 2.96. The molecule has 2 aromatic carbocycles. The van der Waals surface area contributed by atoms with Crippen molar-refractivity contribution >= 4 is 10.0 Å². The molecule has 1 N–H and O–H groups in total. The lowest BCUT2D eigenvalue weighted by atomic mass is 10.0. The molecule has 1 fully saturated rings. The number of benzene rings is 2. The van der Waals surface area contributed by atoms with E-state index in [9.17, 15) is 8.42 Å². The molecule has 7 heteroatoms. The average Bonchev–Trinajstić information content (AvgIpc) is 3.16. The number of methoxy groups -OCH3 is 1. The summed E-state index contributed by atoms with van der Waals surface area (Å²) >= 11 is 0. The molecule has 0 aromatic heterocycles. The van der Waals surface area contributed by atoms with E-state index in [-0.39, 0.29) is 6.04 Å². The zero-order chi connectivity index (χ0) is 18.1. The van der Waals surface area contributed by atoms with Gasteiger partial charge in [-0.3, -0.25) is 0 Å².